The maximum atomic E-state index is 12.6. The molecule has 0 saturated carbocycles. The van der Waals surface area contributed by atoms with Crippen molar-refractivity contribution in [3.05, 3.63) is 52.5 Å². The number of carbonyl (C=O) groups excluding carboxylic acids is 2. The number of benzene rings is 2. The maximum absolute atomic E-state index is 12.6. The van der Waals surface area contributed by atoms with Crippen molar-refractivity contribution in [2.24, 2.45) is 0 Å². The first kappa shape index (κ1) is 25.1. The third-order valence-corrected chi connectivity index (χ3v) is 7.03. The number of nitrogens with one attached hydrogen (secondary N) is 2. The van der Waals surface area contributed by atoms with Gasteiger partial charge in [0.15, 0.2) is 0 Å². The molecule has 1 unspecified atom stereocenters. The number of carbonyl (C=O) groups is 2. The van der Waals surface area contributed by atoms with E-state index in [-0.39, 0.29) is 28.1 Å². The average Bonchev–Trinajstić information content (AvgIpc) is 2.68. The van der Waals surface area contributed by atoms with Crippen LogP contribution in [0.4, 0.5) is 11.4 Å². The lowest BCUT2D eigenvalue weighted by atomic mass is 10.2. The lowest BCUT2D eigenvalue weighted by molar-refractivity contribution is -0.122. The largest absolute Gasteiger partial charge is 0.325 e. The summed E-state index contributed by atoms with van der Waals surface area (Å²) in [5, 5.41) is 5.92. The predicted molar refractivity (Wildman–Crippen MR) is 123 cm³/mol. The summed E-state index contributed by atoms with van der Waals surface area (Å²) in [4.78, 5) is 26.3. The Kier molecular flexibility index (Phi) is 8.44. The van der Waals surface area contributed by atoms with E-state index in [2.05, 4.69) is 10.6 Å². The summed E-state index contributed by atoms with van der Waals surface area (Å²) < 4.78 is 25.8. The van der Waals surface area contributed by atoms with Crippen LogP contribution in [0.1, 0.15) is 6.92 Å². The van der Waals surface area contributed by atoms with Crippen LogP contribution in [0.15, 0.2) is 47.4 Å². The molecular formula is C20H24Cl2N4O4S. The van der Waals surface area contributed by atoms with Crippen LogP contribution in [-0.2, 0) is 19.6 Å². The van der Waals surface area contributed by atoms with E-state index in [9.17, 15) is 18.0 Å². The molecule has 2 amide bonds. The highest BCUT2D eigenvalue weighted by molar-refractivity contribution is 7.89. The Balaban J connectivity index is 2.04. The molecule has 2 N–H and O–H groups in total. The van der Waals surface area contributed by atoms with Gasteiger partial charge in [-0.2, -0.15) is 0 Å². The number of hydrogen-bond acceptors (Lipinski definition) is 5. The Bertz CT molecular complexity index is 1080. The van der Waals surface area contributed by atoms with Gasteiger partial charge in [-0.15, -0.1) is 0 Å². The van der Waals surface area contributed by atoms with Crippen molar-refractivity contribution in [3.63, 3.8) is 0 Å². The minimum Gasteiger partial charge on any atom is -0.325 e. The number of nitrogens with zero attached hydrogens (tertiary/aromatic N) is 2. The van der Waals surface area contributed by atoms with Crippen molar-refractivity contribution in [3.8, 4) is 0 Å². The summed E-state index contributed by atoms with van der Waals surface area (Å²) in [6, 6.07) is 10.3. The highest BCUT2D eigenvalue weighted by Crippen LogP contribution is 2.27. The Morgan fingerprint density at radius 1 is 1.00 bits per heavy atom. The molecule has 0 saturated heterocycles. The summed E-state index contributed by atoms with van der Waals surface area (Å²) in [6.07, 6.45) is 0. The second kappa shape index (κ2) is 10.4. The molecule has 0 spiro atoms. The van der Waals surface area contributed by atoms with Crippen molar-refractivity contribution >= 4 is 56.4 Å². The summed E-state index contributed by atoms with van der Waals surface area (Å²) in [6.45, 7) is 1.59. The molecule has 0 radical (unpaired) electrons. The van der Waals surface area contributed by atoms with E-state index in [4.69, 9.17) is 23.2 Å². The molecular weight excluding hydrogens is 463 g/mol. The minimum atomic E-state index is -3.77. The maximum Gasteiger partial charge on any atom is 0.244 e. The summed E-state index contributed by atoms with van der Waals surface area (Å²) in [5.41, 5.74) is 0.831. The zero-order chi connectivity index (χ0) is 23.3. The number of hydrogen-bond donors (Lipinski definition) is 2. The van der Waals surface area contributed by atoms with Crippen LogP contribution in [0.3, 0.4) is 0 Å². The molecule has 0 aliphatic carbocycles. The number of amides is 2. The van der Waals surface area contributed by atoms with Gasteiger partial charge in [-0.3, -0.25) is 14.5 Å². The molecule has 0 fully saturated rings. The molecule has 0 aliphatic heterocycles. The van der Waals surface area contributed by atoms with Crippen molar-refractivity contribution in [1.29, 1.82) is 0 Å². The van der Waals surface area contributed by atoms with Gasteiger partial charge in [-0.25, -0.2) is 12.7 Å². The van der Waals surface area contributed by atoms with Crippen LogP contribution in [0.25, 0.3) is 0 Å². The quantitative estimate of drug-likeness (QED) is 0.596. The first-order chi connectivity index (χ1) is 14.4. The Labute approximate surface area is 192 Å². The van der Waals surface area contributed by atoms with E-state index in [1.165, 1.54) is 32.3 Å². The first-order valence-corrected chi connectivity index (χ1v) is 11.4. The molecule has 0 aromatic heterocycles. The molecule has 168 valence electrons. The number of rotatable bonds is 8. The average molecular weight is 487 g/mol. The van der Waals surface area contributed by atoms with E-state index < -0.39 is 22.0 Å². The highest BCUT2D eigenvalue weighted by atomic mass is 35.5. The van der Waals surface area contributed by atoms with Gasteiger partial charge < -0.3 is 10.6 Å². The zero-order valence-electron chi connectivity index (χ0n) is 17.5. The fourth-order valence-corrected chi connectivity index (χ4v) is 4.14. The van der Waals surface area contributed by atoms with Crippen LogP contribution in [0.5, 0.6) is 0 Å². The lowest BCUT2D eigenvalue weighted by Gasteiger charge is -2.23. The van der Waals surface area contributed by atoms with Crippen molar-refractivity contribution in [2.75, 3.05) is 38.3 Å². The van der Waals surface area contributed by atoms with Crippen molar-refractivity contribution in [2.45, 2.75) is 17.9 Å². The van der Waals surface area contributed by atoms with Crippen LogP contribution in [0.2, 0.25) is 10.0 Å². The van der Waals surface area contributed by atoms with E-state index in [1.807, 2.05) is 0 Å². The predicted octanol–water partition coefficient (Wildman–Crippen LogP) is 3.14. The van der Waals surface area contributed by atoms with Crippen molar-refractivity contribution in [1.82, 2.24) is 9.21 Å². The number of anilines is 2. The highest BCUT2D eigenvalue weighted by Gasteiger charge is 2.24. The van der Waals surface area contributed by atoms with Gasteiger partial charge >= 0.3 is 0 Å². The second-order valence-electron chi connectivity index (χ2n) is 7.07. The minimum absolute atomic E-state index is 0.0397. The standard InChI is InChI=1S/C20H24Cl2N4O4S/c1-13(26(4)12-19(27)23-15-7-5-6-14(21)10-15)20(28)24-16-8-9-17(22)18(11-16)31(29,30)25(2)3/h5-11,13H,12H2,1-4H3,(H,23,27)(H,24,28). The van der Waals surface area contributed by atoms with E-state index >= 15 is 0 Å². The third-order valence-electron chi connectivity index (χ3n) is 4.50. The van der Waals surface area contributed by atoms with E-state index in [1.54, 1.807) is 43.1 Å². The van der Waals surface area contributed by atoms with Gasteiger partial charge in [-0.1, -0.05) is 29.3 Å². The Morgan fingerprint density at radius 3 is 2.26 bits per heavy atom. The molecule has 1 atom stereocenters. The summed E-state index contributed by atoms with van der Waals surface area (Å²) in [5.74, 6) is -0.719. The van der Waals surface area contributed by atoms with Crippen molar-refractivity contribution < 1.29 is 18.0 Å². The fraction of sp³-hybridized carbons (Fsp3) is 0.300. The Morgan fingerprint density at radius 2 is 1.65 bits per heavy atom. The summed E-state index contributed by atoms with van der Waals surface area (Å²) in [7, 11) is 0.639. The van der Waals surface area contributed by atoms with Crippen LogP contribution >= 0.6 is 23.2 Å². The smallest absolute Gasteiger partial charge is 0.244 e. The van der Waals surface area contributed by atoms with Crippen LogP contribution in [0, 0.1) is 0 Å². The monoisotopic (exact) mass is 486 g/mol. The molecule has 2 aromatic carbocycles. The fourth-order valence-electron chi connectivity index (χ4n) is 2.55. The van der Waals surface area contributed by atoms with E-state index in [0.717, 1.165) is 4.31 Å². The molecule has 2 aromatic rings. The molecule has 0 aliphatic rings. The summed E-state index contributed by atoms with van der Waals surface area (Å²) >= 11 is 11.9. The van der Waals surface area contributed by atoms with Crippen LogP contribution < -0.4 is 10.6 Å². The second-order valence-corrected chi connectivity index (χ2v) is 10.0. The third kappa shape index (κ3) is 6.65. The molecule has 0 heterocycles. The van der Waals surface area contributed by atoms with Gasteiger partial charge in [0.05, 0.1) is 17.6 Å². The molecule has 2 rings (SSSR count). The molecule has 8 nitrogen and oxygen atoms in total. The lowest BCUT2D eigenvalue weighted by Crippen LogP contribution is -2.43. The van der Waals surface area contributed by atoms with Gasteiger partial charge in [0.25, 0.3) is 0 Å². The first-order valence-electron chi connectivity index (χ1n) is 9.20. The topological polar surface area (TPSA) is 98.8 Å². The van der Waals surface area contributed by atoms with E-state index in [0.29, 0.717) is 10.7 Å². The van der Waals surface area contributed by atoms with Gasteiger partial charge in [0, 0.05) is 30.5 Å². The number of halogens is 2. The number of likely N-dealkylation sites (N-methyl/N-ethyl adjacent to an activating group) is 1. The molecule has 11 heteroatoms. The van der Waals surface area contributed by atoms with Crippen LogP contribution in [-0.4, -0.2) is 63.2 Å². The molecule has 0 bridgehead atoms. The van der Waals surface area contributed by atoms with Gasteiger partial charge in [-0.05, 0) is 50.4 Å². The van der Waals surface area contributed by atoms with Gasteiger partial charge in [0.1, 0.15) is 4.90 Å². The zero-order valence-corrected chi connectivity index (χ0v) is 19.8. The Hall–Kier alpha value is -2.17. The molecule has 31 heavy (non-hydrogen) atoms. The normalized spacial score (nSPS) is 12.6. The van der Waals surface area contributed by atoms with Gasteiger partial charge in [0.2, 0.25) is 21.8 Å². The SMILES string of the molecule is CC(C(=O)Nc1ccc(Cl)c(S(=O)(=O)N(C)C)c1)N(C)CC(=O)Nc1cccc(Cl)c1. The number of sulfonamides is 1.